The van der Waals surface area contributed by atoms with Gasteiger partial charge in [0, 0.05) is 25.9 Å². The standard InChI is InChI=1S/C11H21N3O4/c15-6-3-12-10(17)2-1-5-14-8-9(14)11(18)13-4-7-16/h9,15-16H,1-8H2,(H,12,17)(H,13,18)/p+1/t9-,14?/m0/s1. The van der Waals surface area contributed by atoms with Crippen molar-refractivity contribution in [3.05, 3.63) is 0 Å². The second-order valence-electron chi connectivity index (χ2n) is 4.36. The van der Waals surface area contributed by atoms with Crippen molar-refractivity contribution in [2.75, 3.05) is 39.4 Å². The summed E-state index contributed by atoms with van der Waals surface area (Å²) < 4.78 is 0. The van der Waals surface area contributed by atoms with Gasteiger partial charge in [0.15, 0.2) is 0 Å². The van der Waals surface area contributed by atoms with Crippen LogP contribution in [0.3, 0.4) is 0 Å². The lowest BCUT2D eigenvalue weighted by Gasteiger charge is -2.03. The maximum atomic E-state index is 11.5. The largest absolute Gasteiger partial charge is 0.395 e. The number of carbonyl (C=O) groups is 2. The monoisotopic (exact) mass is 260 g/mol. The highest BCUT2D eigenvalue weighted by Gasteiger charge is 2.45. The van der Waals surface area contributed by atoms with Gasteiger partial charge in [-0.15, -0.1) is 0 Å². The average Bonchev–Trinajstić information content (AvgIpc) is 3.13. The van der Waals surface area contributed by atoms with Gasteiger partial charge in [-0.1, -0.05) is 0 Å². The fourth-order valence-corrected chi connectivity index (χ4v) is 1.82. The number of aliphatic hydroxyl groups excluding tert-OH is 2. The lowest BCUT2D eigenvalue weighted by molar-refractivity contribution is -0.768. The summed E-state index contributed by atoms with van der Waals surface area (Å²) in [6.45, 7) is 2.10. The summed E-state index contributed by atoms with van der Waals surface area (Å²) in [5.74, 6) is -0.0876. The normalized spacial score (nSPS) is 21.4. The number of hydrogen-bond acceptors (Lipinski definition) is 4. The highest BCUT2D eigenvalue weighted by molar-refractivity contribution is 5.82. The molecule has 0 radical (unpaired) electrons. The molecule has 0 saturated carbocycles. The number of aliphatic hydroxyl groups is 2. The zero-order valence-electron chi connectivity index (χ0n) is 10.4. The highest BCUT2D eigenvalue weighted by atomic mass is 16.3. The summed E-state index contributed by atoms with van der Waals surface area (Å²) in [6.07, 6.45) is 1.16. The molecule has 1 heterocycles. The molecule has 1 unspecified atom stereocenters. The zero-order chi connectivity index (χ0) is 13.4. The van der Waals surface area contributed by atoms with Crippen molar-refractivity contribution in [2.24, 2.45) is 0 Å². The van der Waals surface area contributed by atoms with E-state index in [-0.39, 0.29) is 31.1 Å². The van der Waals surface area contributed by atoms with Crippen LogP contribution in [-0.4, -0.2) is 67.5 Å². The molecule has 0 bridgehead atoms. The SMILES string of the molecule is O=C(CCC[NH+]1C[C@H]1C(=O)NCCO)NCCO. The first-order valence-corrected chi connectivity index (χ1v) is 6.29. The van der Waals surface area contributed by atoms with E-state index < -0.39 is 0 Å². The minimum Gasteiger partial charge on any atom is -0.395 e. The van der Waals surface area contributed by atoms with Crippen LogP contribution in [-0.2, 0) is 9.59 Å². The fraction of sp³-hybridized carbons (Fsp3) is 0.818. The van der Waals surface area contributed by atoms with Crippen molar-refractivity contribution in [1.29, 1.82) is 0 Å². The molecule has 0 aromatic heterocycles. The Morgan fingerprint density at radius 3 is 2.50 bits per heavy atom. The molecule has 7 nitrogen and oxygen atoms in total. The predicted molar refractivity (Wildman–Crippen MR) is 63.9 cm³/mol. The summed E-state index contributed by atoms with van der Waals surface area (Å²) in [6, 6.07) is -0.0166. The van der Waals surface area contributed by atoms with Gasteiger partial charge in [0.25, 0.3) is 5.91 Å². The van der Waals surface area contributed by atoms with Crippen molar-refractivity contribution in [1.82, 2.24) is 10.6 Å². The molecule has 1 saturated heterocycles. The second kappa shape index (κ2) is 8.02. The van der Waals surface area contributed by atoms with Gasteiger partial charge in [0.1, 0.15) is 6.54 Å². The van der Waals surface area contributed by atoms with Gasteiger partial charge < -0.3 is 25.7 Å². The van der Waals surface area contributed by atoms with E-state index in [1.54, 1.807) is 0 Å². The van der Waals surface area contributed by atoms with Crippen molar-refractivity contribution in [3.63, 3.8) is 0 Å². The van der Waals surface area contributed by atoms with Crippen molar-refractivity contribution in [2.45, 2.75) is 18.9 Å². The molecule has 0 aromatic carbocycles. The van der Waals surface area contributed by atoms with Crippen molar-refractivity contribution in [3.8, 4) is 0 Å². The van der Waals surface area contributed by atoms with Crippen molar-refractivity contribution >= 4 is 11.8 Å². The molecule has 104 valence electrons. The molecule has 18 heavy (non-hydrogen) atoms. The van der Waals surface area contributed by atoms with E-state index in [0.29, 0.717) is 19.5 Å². The molecule has 2 atom stereocenters. The molecular formula is C11H22N3O4+. The average molecular weight is 260 g/mol. The van der Waals surface area contributed by atoms with Crippen LogP contribution < -0.4 is 15.5 Å². The van der Waals surface area contributed by atoms with Crippen LogP contribution >= 0.6 is 0 Å². The summed E-state index contributed by atoms with van der Waals surface area (Å²) in [7, 11) is 0. The second-order valence-corrected chi connectivity index (χ2v) is 4.36. The van der Waals surface area contributed by atoms with E-state index in [4.69, 9.17) is 10.2 Å². The molecule has 5 N–H and O–H groups in total. The minimum absolute atomic E-state index is 0.0166. The Balaban J connectivity index is 2.02. The first kappa shape index (κ1) is 14.9. The summed E-state index contributed by atoms with van der Waals surface area (Å²) in [4.78, 5) is 23.9. The number of rotatable bonds is 9. The van der Waals surface area contributed by atoms with E-state index in [1.165, 1.54) is 4.90 Å². The number of nitrogens with one attached hydrogen (secondary N) is 3. The van der Waals surface area contributed by atoms with Crippen LogP contribution in [0.25, 0.3) is 0 Å². The van der Waals surface area contributed by atoms with Gasteiger partial charge in [-0.2, -0.15) is 0 Å². The number of quaternary nitrogens is 1. The number of amides is 2. The Labute approximate surface area is 106 Å². The minimum atomic E-state index is -0.0633. The Morgan fingerprint density at radius 1 is 1.17 bits per heavy atom. The van der Waals surface area contributed by atoms with Gasteiger partial charge in [-0.25, -0.2) is 0 Å². The van der Waals surface area contributed by atoms with Gasteiger partial charge in [0.2, 0.25) is 11.9 Å². The first-order chi connectivity index (χ1) is 8.69. The van der Waals surface area contributed by atoms with E-state index >= 15 is 0 Å². The molecule has 1 fully saturated rings. The molecule has 0 aliphatic carbocycles. The van der Waals surface area contributed by atoms with E-state index in [2.05, 4.69) is 10.6 Å². The van der Waals surface area contributed by atoms with E-state index in [0.717, 1.165) is 19.5 Å². The van der Waals surface area contributed by atoms with Crippen LogP contribution in [0.5, 0.6) is 0 Å². The van der Waals surface area contributed by atoms with Crippen molar-refractivity contribution < 1.29 is 24.7 Å². The molecule has 7 heteroatoms. The Kier molecular flexibility index (Phi) is 6.63. The van der Waals surface area contributed by atoms with Gasteiger partial charge in [-0.3, -0.25) is 9.59 Å². The molecular weight excluding hydrogens is 238 g/mol. The topological polar surface area (TPSA) is 103 Å². The maximum absolute atomic E-state index is 11.5. The first-order valence-electron chi connectivity index (χ1n) is 6.29. The third-order valence-electron chi connectivity index (χ3n) is 2.86. The molecule has 0 spiro atoms. The fourth-order valence-electron chi connectivity index (χ4n) is 1.82. The van der Waals surface area contributed by atoms with Crippen LogP contribution in [0.15, 0.2) is 0 Å². The molecule has 1 aliphatic heterocycles. The molecule has 1 rings (SSSR count). The van der Waals surface area contributed by atoms with Gasteiger partial charge >= 0.3 is 0 Å². The summed E-state index contributed by atoms with van der Waals surface area (Å²) in [5.41, 5.74) is 0. The van der Waals surface area contributed by atoms with E-state index in [1.807, 2.05) is 0 Å². The Bertz CT molecular complexity index is 285. The van der Waals surface area contributed by atoms with Gasteiger partial charge in [-0.05, 0) is 0 Å². The lowest BCUT2D eigenvalue weighted by atomic mass is 10.3. The molecule has 1 aliphatic rings. The highest BCUT2D eigenvalue weighted by Crippen LogP contribution is 1.92. The maximum Gasteiger partial charge on any atom is 0.284 e. The Morgan fingerprint density at radius 2 is 1.83 bits per heavy atom. The van der Waals surface area contributed by atoms with Crippen LogP contribution in [0, 0.1) is 0 Å². The van der Waals surface area contributed by atoms with E-state index in [9.17, 15) is 9.59 Å². The third kappa shape index (κ3) is 5.44. The quantitative estimate of drug-likeness (QED) is 0.275. The van der Waals surface area contributed by atoms with Crippen LogP contribution in [0.1, 0.15) is 12.8 Å². The summed E-state index contributed by atoms with van der Waals surface area (Å²) >= 11 is 0. The zero-order valence-corrected chi connectivity index (χ0v) is 10.4. The lowest BCUT2D eigenvalue weighted by Crippen LogP contribution is -2.95. The smallest absolute Gasteiger partial charge is 0.284 e. The predicted octanol–water partition coefficient (Wildman–Crippen LogP) is -3.75. The molecule has 2 amide bonds. The number of carbonyl (C=O) groups excluding carboxylic acids is 2. The summed E-state index contributed by atoms with van der Waals surface area (Å²) in [5, 5.41) is 22.3. The van der Waals surface area contributed by atoms with Gasteiger partial charge in [0.05, 0.1) is 19.8 Å². The third-order valence-corrected chi connectivity index (χ3v) is 2.86. The van der Waals surface area contributed by atoms with Crippen LogP contribution in [0.4, 0.5) is 0 Å². The molecule has 0 aromatic rings. The van der Waals surface area contributed by atoms with Crippen LogP contribution in [0.2, 0.25) is 0 Å². The number of hydrogen-bond donors (Lipinski definition) is 5. The Hall–Kier alpha value is -1.18.